The molecule has 0 bridgehead atoms. The van der Waals surface area contributed by atoms with E-state index in [0.29, 0.717) is 5.92 Å². The third kappa shape index (κ3) is 4.39. The van der Waals surface area contributed by atoms with Crippen molar-refractivity contribution >= 4 is 11.6 Å². The number of hydrogen-bond acceptors (Lipinski definition) is 2. The number of benzene rings is 1. The molecule has 1 aliphatic rings. The highest BCUT2D eigenvalue weighted by Gasteiger charge is 2.14. The Bertz CT molecular complexity index is 415. The molecule has 112 valence electrons. The first-order valence-corrected chi connectivity index (χ1v) is 8.21. The minimum absolute atomic E-state index is 0.486. The summed E-state index contributed by atoms with van der Waals surface area (Å²) in [5, 5.41) is 4.25. The van der Waals surface area contributed by atoms with E-state index in [1.54, 1.807) is 0 Å². The third-order valence-electron chi connectivity index (χ3n) is 4.30. The summed E-state index contributed by atoms with van der Waals surface area (Å²) in [4.78, 5) is 0. The van der Waals surface area contributed by atoms with Crippen molar-refractivity contribution < 1.29 is 4.74 Å². The lowest BCUT2D eigenvalue weighted by Crippen LogP contribution is -2.30. The van der Waals surface area contributed by atoms with Crippen molar-refractivity contribution in [1.29, 1.82) is 0 Å². The summed E-state index contributed by atoms with van der Waals surface area (Å²) in [6, 6.07) is 5.99. The van der Waals surface area contributed by atoms with Gasteiger partial charge < -0.3 is 10.1 Å². The average molecular weight is 296 g/mol. The first-order chi connectivity index (χ1) is 9.70. The second-order valence-electron chi connectivity index (χ2n) is 5.84. The first-order valence-electron chi connectivity index (χ1n) is 7.83. The summed E-state index contributed by atoms with van der Waals surface area (Å²) in [5.74, 6) is 2.26. The number of ether oxygens (including phenoxy) is 1. The van der Waals surface area contributed by atoms with Crippen LogP contribution in [0.15, 0.2) is 18.2 Å². The van der Waals surface area contributed by atoms with E-state index in [1.807, 2.05) is 18.2 Å². The maximum Gasteiger partial charge on any atom is 0.122 e. The van der Waals surface area contributed by atoms with Crippen molar-refractivity contribution in [3.63, 3.8) is 0 Å². The molecule has 1 heterocycles. The van der Waals surface area contributed by atoms with E-state index < -0.39 is 0 Å². The van der Waals surface area contributed by atoms with Crippen LogP contribution in [0, 0.1) is 5.92 Å². The maximum atomic E-state index is 6.11. The number of hydrogen-bond donors (Lipinski definition) is 1. The number of piperidine rings is 1. The summed E-state index contributed by atoms with van der Waals surface area (Å²) >= 11 is 6.11. The van der Waals surface area contributed by atoms with Crippen molar-refractivity contribution in [3.05, 3.63) is 28.8 Å². The van der Waals surface area contributed by atoms with Gasteiger partial charge in [0.2, 0.25) is 0 Å². The number of rotatable bonds is 6. The van der Waals surface area contributed by atoms with Crippen LogP contribution >= 0.6 is 11.6 Å². The van der Waals surface area contributed by atoms with E-state index in [0.717, 1.165) is 42.7 Å². The monoisotopic (exact) mass is 295 g/mol. The Labute approximate surface area is 127 Å². The van der Waals surface area contributed by atoms with E-state index in [1.165, 1.54) is 24.9 Å². The maximum absolute atomic E-state index is 6.11. The molecular weight excluding hydrogens is 270 g/mol. The van der Waals surface area contributed by atoms with E-state index in [2.05, 4.69) is 19.2 Å². The molecule has 3 heteroatoms. The van der Waals surface area contributed by atoms with Gasteiger partial charge in [-0.15, -0.1) is 0 Å². The largest absolute Gasteiger partial charge is 0.493 e. The Morgan fingerprint density at radius 2 is 2.30 bits per heavy atom. The summed E-state index contributed by atoms with van der Waals surface area (Å²) < 4.78 is 6.03. The van der Waals surface area contributed by atoms with Gasteiger partial charge in [0.25, 0.3) is 0 Å². The molecule has 1 aliphatic heterocycles. The predicted molar refractivity (Wildman–Crippen MR) is 85.9 cm³/mol. The minimum atomic E-state index is 0.486. The fourth-order valence-electron chi connectivity index (χ4n) is 2.76. The van der Waals surface area contributed by atoms with E-state index >= 15 is 0 Å². The van der Waals surface area contributed by atoms with Crippen molar-refractivity contribution in [2.24, 2.45) is 5.92 Å². The highest BCUT2D eigenvalue weighted by Crippen LogP contribution is 2.31. The van der Waals surface area contributed by atoms with Gasteiger partial charge in [0.1, 0.15) is 5.75 Å². The molecular formula is C17H26ClNO. The molecule has 2 unspecified atom stereocenters. The van der Waals surface area contributed by atoms with Crippen LogP contribution in [0.5, 0.6) is 5.75 Å². The molecule has 0 saturated carbocycles. The standard InChI is InChI=1S/C17H26ClNO/c1-3-13(2)16-11-15(18)6-7-17(16)20-10-8-14-5-4-9-19-12-14/h6-7,11,13-14,19H,3-5,8-10,12H2,1-2H3. The second kappa shape index (κ2) is 7.90. The Morgan fingerprint density at radius 1 is 1.45 bits per heavy atom. The van der Waals surface area contributed by atoms with Crippen LogP contribution in [0.4, 0.5) is 0 Å². The molecule has 1 N–H and O–H groups in total. The van der Waals surface area contributed by atoms with Gasteiger partial charge in [-0.05, 0) is 74.4 Å². The van der Waals surface area contributed by atoms with Gasteiger partial charge in [-0.2, -0.15) is 0 Å². The fraction of sp³-hybridized carbons (Fsp3) is 0.647. The van der Waals surface area contributed by atoms with Crippen molar-refractivity contribution in [2.75, 3.05) is 19.7 Å². The molecule has 1 fully saturated rings. The normalized spacial score (nSPS) is 20.6. The van der Waals surface area contributed by atoms with Gasteiger partial charge in [0.15, 0.2) is 0 Å². The molecule has 1 aromatic rings. The number of halogens is 1. The zero-order valence-electron chi connectivity index (χ0n) is 12.6. The predicted octanol–water partition coefficient (Wildman–Crippen LogP) is 4.62. The Morgan fingerprint density at radius 3 is 3.00 bits per heavy atom. The fourth-order valence-corrected chi connectivity index (χ4v) is 2.94. The highest BCUT2D eigenvalue weighted by molar-refractivity contribution is 6.30. The van der Waals surface area contributed by atoms with Crippen LogP contribution in [0.2, 0.25) is 5.02 Å². The molecule has 0 aliphatic carbocycles. The molecule has 1 saturated heterocycles. The van der Waals surface area contributed by atoms with Gasteiger partial charge in [-0.1, -0.05) is 25.4 Å². The van der Waals surface area contributed by atoms with Gasteiger partial charge in [0.05, 0.1) is 6.61 Å². The molecule has 2 rings (SSSR count). The van der Waals surface area contributed by atoms with Crippen molar-refractivity contribution in [2.45, 2.75) is 45.4 Å². The van der Waals surface area contributed by atoms with Crippen LogP contribution in [0.3, 0.4) is 0 Å². The Balaban J connectivity index is 1.91. The molecule has 0 amide bonds. The summed E-state index contributed by atoms with van der Waals surface area (Å²) in [5.41, 5.74) is 1.24. The molecule has 0 aromatic heterocycles. The number of nitrogens with one attached hydrogen (secondary N) is 1. The SMILES string of the molecule is CCC(C)c1cc(Cl)ccc1OCCC1CCCNC1. The summed E-state index contributed by atoms with van der Waals surface area (Å²) in [6.07, 6.45) is 4.86. The van der Waals surface area contributed by atoms with E-state index in [4.69, 9.17) is 16.3 Å². The average Bonchev–Trinajstić information content (AvgIpc) is 2.49. The lowest BCUT2D eigenvalue weighted by atomic mass is 9.96. The smallest absolute Gasteiger partial charge is 0.122 e. The molecule has 20 heavy (non-hydrogen) atoms. The van der Waals surface area contributed by atoms with Crippen molar-refractivity contribution in [3.8, 4) is 5.75 Å². The van der Waals surface area contributed by atoms with E-state index in [9.17, 15) is 0 Å². The van der Waals surface area contributed by atoms with Crippen LogP contribution < -0.4 is 10.1 Å². The summed E-state index contributed by atoms with van der Waals surface area (Å²) in [7, 11) is 0. The van der Waals surface area contributed by atoms with Crippen LogP contribution in [-0.2, 0) is 0 Å². The highest BCUT2D eigenvalue weighted by atomic mass is 35.5. The molecule has 0 spiro atoms. The molecule has 2 nitrogen and oxygen atoms in total. The Hall–Kier alpha value is -0.730. The van der Waals surface area contributed by atoms with Crippen LogP contribution in [0.25, 0.3) is 0 Å². The van der Waals surface area contributed by atoms with Gasteiger partial charge in [0, 0.05) is 5.02 Å². The van der Waals surface area contributed by atoms with Gasteiger partial charge in [-0.3, -0.25) is 0 Å². The zero-order valence-corrected chi connectivity index (χ0v) is 13.4. The molecule has 0 radical (unpaired) electrons. The zero-order chi connectivity index (χ0) is 14.4. The summed E-state index contributed by atoms with van der Waals surface area (Å²) in [6.45, 7) is 7.54. The molecule has 1 aromatic carbocycles. The van der Waals surface area contributed by atoms with Gasteiger partial charge >= 0.3 is 0 Å². The minimum Gasteiger partial charge on any atom is -0.493 e. The van der Waals surface area contributed by atoms with Crippen LogP contribution in [-0.4, -0.2) is 19.7 Å². The topological polar surface area (TPSA) is 21.3 Å². The van der Waals surface area contributed by atoms with E-state index in [-0.39, 0.29) is 0 Å². The first kappa shape index (κ1) is 15.7. The lowest BCUT2D eigenvalue weighted by molar-refractivity contribution is 0.251. The lowest BCUT2D eigenvalue weighted by Gasteiger charge is -2.23. The quantitative estimate of drug-likeness (QED) is 0.826. The molecule has 2 atom stereocenters. The third-order valence-corrected chi connectivity index (χ3v) is 4.53. The Kier molecular flexibility index (Phi) is 6.18. The van der Waals surface area contributed by atoms with Crippen LogP contribution in [0.1, 0.15) is 51.0 Å². The second-order valence-corrected chi connectivity index (χ2v) is 6.28. The van der Waals surface area contributed by atoms with Gasteiger partial charge in [-0.25, -0.2) is 0 Å². The van der Waals surface area contributed by atoms with Crippen molar-refractivity contribution in [1.82, 2.24) is 5.32 Å².